The molecule has 1 unspecified atom stereocenters. The molecule has 6 heteroatoms. The minimum Gasteiger partial charge on any atom is -0.380 e. The minimum atomic E-state index is 0.0977. The van der Waals surface area contributed by atoms with Gasteiger partial charge in [0.25, 0.3) is 0 Å². The van der Waals surface area contributed by atoms with Gasteiger partial charge < -0.3 is 10.1 Å². The number of benzene rings is 1. The SMILES string of the molecule is CCCNC(C)c1nnnn1-c1ccccc1COC. The van der Waals surface area contributed by atoms with Gasteiger partial charge in [-0.15, -0.1) is 5.10 Å². The Bertz CT molecular complexity index is 540. The van der Waals surface area contributed by atoms with Gasteiger partial charge >= 0.3 is 0 Å². The van der Waals surface area contributed by atoms with E-state index in [0.29, 0.717) is 6.61 Å². The summed E-state index contributed by atoms with van der Waals surface area (Å²) in [5.41, 5.74) is 2.02. The number of ether oxygens (including phenoxy) is 1. The third-order valence-corrected chi connectivity index (χ3v) is 3.10. The Morgan fingerprint density at radius 1 is 1.35 bits per heavy atom. The van der Waals surface area contributed by atoms with Crippen molar-refractivity contribution >= 4 is 0 Å². The first-order chi connectivity index (χ1) is 9.77. The van der Waals surface area contributed by atoms with Crippen LogP contribution in [0.25, 0.3) is 5.69 Å². The highest BCUT2D eigenvalue weighted by atomic mass is 16.5. The van der Waals surface area contributed by atoms with E-state index in [1.165, 1.54) is 0 Å². The molecule has 1 atom stereocenters. The van der Waals surface area contributed by atoms with Crippen molar-refractivity contribution in [3.8, 4) is 5.69 Å². The summed E-state index contributed by atoms with van der Waals surface area (Å²) in [5, 5.41) is 15.5. The summed E-state index contributed by atoms with van der Waals surface area (Å²) in [6.07, 6.45) is 1.08. The first kappa shape index (κ1) is 14.6. The molecule has 0 aliphatic carbocycles. The molecule has 6 nitrogen and oxygen atoms in total. The lowest BCUT2D eigenvalue weighted by Gasteiger charge is -2.14. The maximum atomic E-state index is 5.23. The lowest BCUT2D eigenvalue weighted by Crippen LogP contribution is -2.23. The third-order valence-electron chi connectivity index (χ3n) is 3.10. The largest absolute Gasteiger partial charge is 0.380 e. The van der Waals surface area contributed by atoms with E-state index < -0.39 is 0 Å². The highest BCUT2D eigenvalue weighted by molar-refractivity contribution is 5.40. The zero-order chi connectivity index (χ0) is 14.4. The fourth-order valence-electron chi connectivity index (χ4n) is 2.08. The van der Waals surface area contributed by atoms with E-state index in [9.17, 15) is 0 Å². The molecule has 2 rings (SSSR count). The van der Waals surface area contributed by atoms with Gasteiger partial charge in [-0.1, -0.05) is 25.1 Å². The van der Waals surface area contributed by atoms with Gasteiger partial charge in [-0.2, -0.15) is 4.68 Å². The lowest BCUT2D eigenvalue weighted by molar-refractivity contribution is 0.184. The highest BCUT2D eigenvalue weighted by Crippen LogP contribution is 2.18. The first-order valence-corrected chi connectivity index (χ1v) is 6.86. The van der Waals surface area contributed by atoms with E-state index >= 15 is 0 Å². The van der Waals surface area contributed by atoms with Crippen LogP contribution in [0.2, 0.25) is 0 Å². The van der Waals surface area contributed by atoms with Crippen LogP contribution >= 0.6 is 0 Å². The minimum absolute atomic E-state index is 0.0977. The van der Waals surface area contributed by atoms with Crippen molar-refractivity contribution in [1.29, 1.82) is 0 Å². The molecule has 1 heterocycles. The number of hydrogen-bond acceptors (Lipinski definition) is 5. The van der Waals surface area contributed by atoms with Crippen LogP contribution < -0.4 is 5.32 Å². The molecule has 0 saturated heterocycles. The molecule has 0 bridgehead atoms. The van der Waals surface area contributed by atoms with Crippen LogP contribution in [0, 0.1) is 0 Å². The van der Waals surface area contributed by atoms with Gasteiger partial charge in [0.15, 0.2) is 5.82 Å². The van der Waals surface area contributed by atoms with E-state index in [1.807, 2.05) is 24.3 Å². The molecule has 20 heavy (non-hydrogen) atoms. The summed E-state index contributed by atoms with van der Waals surface area (Å²) in [7, 11) is 1.68. The highest BCUT2D eigenvalue weighted by Gasteiger charge is 2.16. The first-order valence-electron chi connectivity index (χ1n) is 6.86. The second-order valence-electron chi connectivity index (χ2n) is 4.69. The molecule has 1 aromatic carbocycles. The molecule has 1 N–H and O–H groups in total. The fourth-order valence-corrected chi connectivity index (χ4v) is 2.08. The summed E-state index contributed by atoms with van der Waals surface area (Å²) < 4.78 is 7.01. The standard InChI is InChI=1S/C14H21N5O/c1-4-9-15-11(2)14-16-17-18-19(14)13-8-6-5-7-12(13)10-20-3/h5-8,11,15H,4,9-10H2,1-3H3. The predicted octanol–water partition coefficient (Wildman–Crippen LogP) is 1.87. The van der Waals surface area contributed by atoms with Crippen molar-refractivity contribution in [2.75, 3.05) is 13.7 Å². The van der Waals surface area contributed by atoms with Gasteiger partial charge in [-0.25, -0.2) is 0 Å². The van der Waals surface area contributed by atoms with Crippen LogP contribution in [0.4, 0.5) is 0 Å². The molecule has 0 aliphatic rings. The maximum absolute atomic E-state index is 5.23. The normalized spacial score (nSPS) is 12.6. The Morgan fingerprint density at radius 2 is 2.15 bits per heavy atom. The van der Waals surface area contributed by atoms with Gasteiger partial charge in [0.05, 0.1) is 18.3 Å². The number of rotatable bonds is 7. The summed E-state index contributed by atoms with van der Waals surface area (Å²) in [6.45, 7) is 5.67. The van der Waals surface area contributed by atoms with E-state index in [-0.39, 0.29) is 6.04 Å². The molecule has 0 spiro atoms. The summed E-state index contributed by atoms with van der Waals surface area (Å²) in [6, 6.07) is 8.08. The Hall–Kier alpha value is -1.79. The second-order valence-corrected chi connectivity index (χ2v) is 4.69. The van der Waals surface area contributed by atoms with Crippen molar-refractivity contribution in [3.63, 3.8) is 0 Å². The Morgan fingerprint density at radius 3 is 2.90 bits per heavy atom. The molecule has 1 aromatic heterocycles. The van der Waals surface area contributed by atoms with Gasteiger partial charge in [0, 0.05) is 12.7 Å². The molecule has 108 valence electrons. The van der Waals surface area contributed by atoms with Crippen molar-refractivity contribution in [2.45, 2.75) is 32.9 Å². The van der Waals surface area contributed by atoms with Crippen molar-refractivity contribution in [1.82, 2.24) is 25.5 Å². The summed E-state index contributed by atoms with van der Waals surface area (Å²) >= 11 is 0. The van der Waals surface area contributed by atoms with Gasteiger partial charge in [-0.05, 0) is 36.4 Å². The number of nitrogens with zero attached hydrogens (tertiary/aromatic N) is 4. The van der Waals surface area contributed by atoms with Gasteiger partial charge in [0.2, 0.25) is 0 Å². The quantitative estimate of drug-likeness (QED) is 0.835. The fraction of sp³-hybridized carbons (Fsp3) is 0.500. The number of aromatic nitrogens is 4. The molecule has 2 aromatic rings. The average Bonchev–Trinajstić information content (AvgIpc) is 2.95. The molecule has 0 radical (unpaired) electrons. The maximum Gasteiger partial charge on any atom is 0.173 e. The number of hydrogen-bond donors (Lipinski definition) is 1. The Labute approximate surface area is 119 Å². The third kappa shape index (κ3) is 3.20. The molecule has 0 aliphatic heterocycles. The van der Waals surface area contributed by atoms with Crippen LogP contribution in [-0.4, -0.2) is 33.9 Å². The zero-order valence-corrected chi connectivity index (χ0v) is 12.2. The van der Waals surface area contributed by atoms with E-state index in [2.05, 4.69) is 34.7 Å². The second kappa shape index (κ2) is 7.12. The number of nitrogens with one attached hydrogen (secondary N) is 1. The van der Waals surface area contributed by atoms with Crippen molar-refractivity contribution in [2.24, 2.45) is 0 Å². The lowest BCUT2D eigenvalue weighted by atomic mass is 10.2. The summed E-state index contributed by atoms with van der Waals surface area (Å²) in [5.74, 6) is 0.807. The van der Waals surface area contributed by atoms with Gasteiger partial charge in [-0.3, -0.25) is 0 Å². The van der Waals surface area contributed by atoms with Crippen LogP contribution in [0.3, 0.4) is 0 Å². The monoisotopic (exact) mass is 275 g/mol. The zero-order valence-electron chi connectivity index (χ0n) is 12.2. The van der Waals surface area contributed by atoms with Crippen LogP contribution in [0.5, 0.6) is 0 Å². The number of tetrazole rings is 1. The molecule has 0 fully saturated rings. The Balaban J connectivity index is 2.32. The summed E-state index contributed by atoms with van der Waals surface area (Å²) in [4.78, 5) is 0. The Kier molecular flexibility index (Phi) is 5.20. The topological polar surface area (TPSA) is 64.9 Å². The van der Waals surface area contributed by atoms with Crippen molar-refractivity contribution < 1.29 is 4.74 Å². The molecular formula is C14H21N5O. The predicted molar refractivity (Wildman–Crippen MR) is 76.6 cm³/mol. The van der Waals surface area contributed by atoms with Crippen LogP contribution in [-0.2, 0) is 11.3 Å². The van der Waals surface area contributed by atoms with Crippen LogP contribution in [0.1, 0.15) is 37.7 Å². The molecule has 0 amide bonds. The van der Waals surface area contributed by atoms with E-state index in [1.54, 1.807) is 11.8 Å². The average molecular weight is 275 g/mol. The van der Waals surface area contributed by atoms with Gasteiger partial charge in [0.1, 0.15) is 0 Å². The molecular weight excluding hydrogens is 254 g/mol. The van der Waals surface area contributed by atoms with Crippen molar-refractivity contribution in [3.05, 3.63) is 35.7 Å². The van der Waals surface area contributed by atoms with Crippen LogP contribution in [0.15, 0.2) is 24.3 Å². The smallest absolute Gasteiger partial charge is 0.173 e. The van der Waals surface area contributed by atoms with E-state index in [4.69, 9.17) is 4.74 Å². The molecule has 0 saturated carbocycles. The number of methoxy groups -OCH3 is 1. The van der Waals surface area contributed by atoms with E-state index in [0.717, 1.165) is 30.0 Å². The number of para-hydroxylation sites is 1.